The first-order valence-electron chi connectivity index (χ1n) is 21.5. The quantitative estimate of drug-likeness (QED) is 0.0348. The van der Waals surface area contributed by atoms with Gasteiger partial charge in [0.1, 0.15) is 11.2 Å². The fraction of sp³-hybridized carbons (Fsp3) is 0.825. The molecule has 3 amide bonds. The van der Waals surface area contributed by atoms with Gasteiger partial charge in [-0.05, 0) is 80.2 Å². The molecule has 7 N–H and O–H groups in total. The monoisotopic (exact) mass is 1030 g/mol. The second-order valence-electron chi connectivity index (χ2n) is 16.7. The number of unbranched alkanes of at least 4 members (excludes halogenated alkanes) is 2. The molecule has 0 aliphatic carbocycles. The van der Waals surface area contributed by atoms with E-state index in [2.05, 4.69) is 10.2 Å². The molecule has 3 saturated heterocycles. The minimum atomic E-state index is -1.00. The molecule has 3 fully saturated rings. The van der Waals surface area contributed by atoms with E-state index in [0.29, 0.717) is 23.7 Å². The number of carbonyl (C=O) groups excluding carboxylic acids is 7. The fourth-order valence-corrected chi connectivity index (χ4v) is 14.1. The first-order valence-corrected chi connectivity index (χ1v) is 29.2. The number of carbonyl (C=O) groups is 7. The lowest BCUT2D eigenvalue weighted by atomic mass is 9.98. The molecule has 0 bridgehead atoms. The number of hydrogen-bond donors (Lipinski definition) is 4. The van der Waals surface area contributed by atoms with Gasteiger partial charge in [-0.15, -0.1) is 5.06 Å². The highest BCUT2D eigenvalue weighted by atomic mass is 33.1. The molecule has 0 unspecified atom stereocenters. The Bertz CT molecular complexity index is 1410. The maximum absolute atomic E-state index is 11.8. The van der Waals surface area contributed by atoms with Gasteiger partial charge in [0.25, 0.3) is 11.8 Å². The zero-order valence-electron chi connectivity index (χ0n) is 38.8. The number of hydroxylamine groups is 2. The highest BCUT2D eigenvalue weighted by Gasteiger charge is 2.33. The molecule has 0 atom stereocenters. The number of esters is 2. The van der Waals surface area contributed by atoms with Gasteiger partial charge >= 0.3 is 17.9 Å². The smallest absolute Gasteiger partial charge is 0.333 e. The Morgan fingerprint density at radius 1 is 0.714 bits per heavy atom. The number of imide groups is 1. The van der Waals surface area contributed by atoms with Crippen molar-refractivity contribution in [2.75, 3.05) is 60.5 Å². The van der Waals surface area contributed by atoms with E-state index in [1.807, 2.05) is 63.9 Å². The predicted octanol–water partition coefficient (Wildman–Crippen LogP) is 7.03. The minimum Gasteiger partial charge on any atom is -0.460 e. The van der Waals surface area contributed by atoms with Crippen molar-refractivity contribution in [1.29, 1.82) is 0 Å². The van der Waals surface area contributed by atoms with Crippen LogP contribution in [0.2, 0.25) is 0 Å². The predicted molar refractivity (Wildman–Crippen MR) is 265 cm³/mol. The van der Waals surface area contributed by atoms with Crippen LogP contribution in [0, 0.1) is 0 Å². The van der Waals surface area contributed by atoms with Crippen molar-refractivity contribution in [2.45, 2.75) is 147 Å². The molecular formula is C40H72FN5O10S7. The highest BCUT2D eigenvalue weighted by Crippen LogP contribution is 2.39. The maximum atomic E-state index is 11.8. The summed E-state index contributed by atoms with van der Waals surface area (Å²) < 4.78 is 25.9. The lowest BCUT2D eigenvalue weighted by molar-refractivity contribution is -0.197. The van der Waals surface area contributed by atoms with E-state index in [1.54, 1.807) is 42.4 Å². The van der Waals surface area contributed by atoms with Crippen molar-refractivity contribution >= 4 is 117 Å². The minimum absolute atomic E-state index is 0.00743. The van der Waals surface area contributed by atoms with Crippen molar-refractivity contribution < 1.29 is 53.6 Å². The zero-order chi connectivity index (χ0) is 48.7. The normalized spacial score (nSPS) is 16.6. The molecule has 366 valence electrons. The third kappa shape index (κ3) is 34.0. The van der Waals surface area contributed by atoms with Gasteiger partial charge in [-0.1, -0.05) is 82.9 Å². The second kappa shape index (κ2) is 34.3. The number of ether oxygens (including phenoxy) is 2. The van der Waals surface area contributed by atoms with Crippen LogP contribution < -0.4 is 22.5 Å². The Balaban J connectivity index is 0.000000960. The number of amides is 3. The lowest BCUT2D eigenvalue weighted by Gasteiger charge is -2.21. The van der Waals surface area contributed by atoms with Gasteiger partial charge in [0, 0.05) is 83.6 Å². The molecule has 0 spiro atoms. The van der Waals surface area contributed by atoms with E-state index in [4.69, 9.17) is 28.0 Å². The Labute approximate surface area is 403 Å². The van der Waals surface area contributed by atoms with E-state index >= 15 is 0 Å². The Morgan fingerprint density at radius 2 is 1.16 bits per heavy atom. The summed E-state index contributed by atoms with van der Waals surface area (Å²) in [4.78, 5) is 85.2. The molecule has 15 nitrogen and oxygen atoms in total. The highest BCUT2D eigenvalue weighted by molar-refractivity contribution is 8.77. The van der Waals surface area contributed by atoms with Gasteiger partial charge in [-0.25, -0.2) is 4.79 Å². The van der Waals surface area contributed by atoms with Crippen LogP contribution in [0.25, 0.3) is 0 Å². The van der Waals surface area contributed by atoms with Crippen molar-refractivity contribution in [1.82, 2.24) is 10.4 Å². The Morgan fingerprint density at radius 3 is 1.62 bits per heavy atom. The summed E-state index contributed by atoms with van der Waals surface area (Å²) in [5, 5.41) is 3.13. The number of alkyl halides is 1. The number of thioether (sulfide) groups is 1. The standard InChI is InChI=1S/C17H32N2O3S4.C15H21NO7S.C7H16N2S2.CH3F/c1-16(2,3)22-15(21)7-11-24-23-10-6-14(20)19-9-5-4-8-17(18)12-25-26-13-17;1-15(2,3)22-12(19)8-9-24-14(21)7-6-13(20)23-16-10(17)4-5-11(16)18;8-4-2-1-3-7(9)5-10-11-6-7;1-2/h4-13,18H2,1-3H3,(H,19,20);4-9H2,1-3H3;1-6,8-9H2;1H3/i;;;1D. The first-order chi connectivity index (χ1) is 30.0. The first kappa shape index (κ1) is 60.0. The summed E-state index contributed by atoms with van der Waals surface area (Å²) in [6, 6.07) is 0. The maximum Gasteiger partial charge on any atom is 0.333 e. The van der Waals surface area contributed by atoms with E-state index in [-0.39, 0.29) is 65.9 Å². The summed E-state index contributed by atoms with van der Waals surface area (Å²) in [5.41, 5.74) is 16.9. The SMILES string of the molecule is CC(C)(C)OC(=O)CCSC(=O)CCC(=O)ON1C(=O)CCC1=O.CC(C)(C)OC(=O)CCSSCCC(=O)NCCCCC1(N)CSSC1.NCCCCC1(N)CSSC1.[2H]CF. The molecule has 3 rings (SSSR count). The number of nitrogens with zero attached hydrogens (tertiary/aromatic N) is 1. The summed E-state index contributed by atoms with van der Waals surface area (Å²) in [7, 11) is 9.76. The molecule has 3 aliphatic heterocycles. The topological polar surface area (TPSA) is 241 Å². The van der Waals surface area contributed by atoms with Crippen molar-refractivity contribution in [2.24, 2.45) is 17.2 Å². The van der Waals surface area contributed by atoms with E-state index in [1.165, 1.54) is 6.42 Å². The Hall–Kier alpha value is -1.05. The van der Waals surface area contributed by atoms with Gasteiger partial charge in [0.15, 0.2) is 5.12 Å². The van der Waals surface area contributed by atoms with Gasteiger partial charge in [0.2, 0.25) is 5.91 Å². The van der Waals surface area contributed by atoms with Gasteiger partial charge in [-0.2, -0.15) is 0 Å². The molecule has 3 heterocycles. The molecule has 0 aromatic heterocycles. The third-order valence-corrected chi connectivity index (χ3v) is 17.0. The number of hydrogen-bond acceptors (Lipinski definition) is 20. The molecule has 23 heteroatoms. The number of rotatable bonds is 23. The van der Waals surface area contributed by atoms with Crippen LogP contribution in [0.15, 0.2) is 0 Å². The van der Waals surface area contributed by atoms with Crippen LogP contribution >= 0.6 is 76.5 Å². The lowest BCUT2D eigenvalue weighted by Crippen LogP contribution is -2.42. The zero-order valence-corrected chi connectivity index (χ0v) is 43.5. The summed E-state index contributed by atoms with van der Waals surface area (Å²) in [5.74, 6) is 3.60. The summed E-state index contributed by atoms with van der Waals surface area (Å²) in [6.45, 7) is 12.4. The second-order valence-corrected chi connectivity index (χ2v) is 25.4. The van der Waals surface area contributed by atoms with Crippen molar-refractivity contribution in [3.8, 4) is 0 Å². The summed E-state index contributed by atoms with van der Waals surface area (Å²) in [6.07, 6.45) is 7.24. The molecule has 63 heavy (non-hydrogen) atoms. The van der Waals surface area contributed by atoms with Crippen LogP contribution in [0.4, 0.5) is 4.39 Å². The van der Waals surface area contributed by atoms with Gasteiger partial charge < -0.3 is 36.8 Å². The molecule has 0 saturated carbocycles. The third-order valence-electron chi connectivity index (χ3n) is 8.13. The summed E-state index contributed by atoms with van der Waals surface area (Å²) >= 11 is 0.922. The van der Waals surface area contributed by atoms with Crippen LogP contribution in [-0.2, 0) is 47.9 Å². The van der Waals surface area contributed by atoms with Crippen LogP contribution in [0.5, 0.6) is 0 Å². The average molecular weight is 1030 g/mol. The Kier molecular flexibility index (Phi) is 32.6. The van der Waals surface area contributed by atoms with Crippen LogP contribution in [0.3, 0.4) is 0 Å². The van der Waals surface area contributed by atoms with E-state index < -0.39 is 42.1 Å². The molecule has 0 radical (unpaired) electrons. The number of halogens is 1. The molecule has 0 aromatic carbocycles. The van der Waals surface area contributed by atoms with E-state index in [0.717, 1.165) is 85.7 Å². The van der Waals surface area contributed by atoms with Gasteiger partial charge in [-0.3, -0.25) is 33.2 Å². The van der Waals surface area contributed by atoms with Crippen molar-refractivity contribution in [3.63, 3.8) is 0 Å². The van der Waals surface area contributed by atoms with Crippen molar-refractivity contribution in [3.05, 3.63) is 0 Å². The van der Waals surface area contributed by atoms with Crippen LogP contribution in [0.1, 0.15) is 126 Å². The number of nitrogens with two attached hydrogens (primary N) is 3. The average Bonchev–Trinajstić information content (AvgIpc) is 3.91. The van der Waals surface area contributed by atoms with E-state index in [9.17, 15) is 38.0 Å². The molecule has 0 aromatic rings. The molecular weight excluding hydrogens is 954 g/mol. The van der Waals surface area contributed by atoms with Crippen LogP contribution in [-0.4, -0.2) is 129 Å². The van der Waals surface area contributed by atoms with Gasteiger partial charge in [0.05, 0.1) is 27.8 Å². The largest absolute Gasteiger partial charge is 0.460 e. The number of nitrogens with one attached hydrogen (secondary N) is 1. The molecule has 3 aliphatic rings. The fourth-order valence-electron chi connectivity index (χ4n) is 5.04.